The van der Waals surface area contributed by atoms with Crippen molar-refractivity contribution in [3.63, 3.8) is 0 Å². The van der Waals surface area contributed by atoms with Gasteiger partial charge in [0, 0.05) is 31.2 Å². The molecule has 3 aliphatic heterocycles. The molecule has 7 heteroatoms. The molecule has 1 aromatic carbocycles. The van der Waals surface area contributed by atoms with Crippen LogP contribution in [0.15, 0.2) is 48.8 Å². The van der Waals surface area contributed by atoms with Crippen molar-refractivity contribution in [1.82, 2.24) is 9.97 Å². The molecular formula is C28H36ClN3O3. The molecule has 0 amide bonds. The molecule has 1 atom stereocenters. The molecule has 1 saturated carbocycles. The number of hydrogen-bond donors (Lipinski definition) is 0. The summed E-state index contributed by atoms with van der Waals surface area (Å²) < 4.78 is 7.15. The molecule has 6 nitrogen and oxygen atoms in total. The van der Waals surface area contributed by atoms with Gasteiger partial charge in [-0.05, 0) is 24.5 Å². The Morgan fingerprint density at radius 3 is 2.26 bits per heavy atom. The summed E-state index contributed by atoms with van der Waals surface area (Å²) in [5, 5.41) is 0. The molecule has 3 saturated heterocycles. The highest BCUT2D eigenvalue weighted by Gasteiger charge is 2.50. The van der Waals surface area contributed by atoms with Gasteiger partial charge in [-0.15, -0.1) is 0 Å². The number of carbonyl (C=O) groups excluding carboxylic acids is 2. The van der Waals surface area contributed by atoms with Crippen LogP contribution in [0.5, 0.6) is 0 Å². The van der Waals surface area contributed by atoms with Gasteiger partial charge in [0.15, 0.2) is 11.9 Å². The minimum absolute atomic E-state index is 0. The molecule has 0 N–H and O–H groups in total. The Morgan fingerprint density at radius 2 is 1.60 bits per heavy atom. The zero-order chi connectivity index (χ0) is 23.4. The number of benzene rings is 1. The first-order valence-electron chi connectivity index (χ1n) is 13.0. The van der Waals surface area contributed by atoms with Crippen molar-refractivity contribution in [3.05, 3.63) is 60.2 Å². The number of ether oxygens (including phenoxy) is 1. The summed E-state index contributed by atoms with van der Waals surface area (Å²) in [6, 6.07) is 12.0. The molecule has 0 radical (unpaired) electrons. The highest BCUT2D eigenvalue weighted by molar-refractivity contribution is 5.83. The van der Waals surface area contributed by atoms with Crippen molar-refractivity contribution in [2.24, 2.45) is 5.92 Å². The van der Waals surface area contributed by atoms with Crippen LogP contribution in [0.4, 0.5) is 0 Å². The van der Waals surface area contributed by atoms with Gasteiger partial charge < -0.3 is 21.6 Å². The van der Waals surface area contributed by atoms with Crippen molar-refractivity contribution in [2.45, 2.75) is 69.3 Å². The van der Waals surface area contributed by atoms with Gasteiger partial charge in [0.1, 0.15) is 18.9 Å². The van der Waals surface area contributed by atoms with E-state index in [2.05, 4.69) is 22.1 Å². The maximum Gasteiger partial charge on any atom is 0.317 e. The number of aromatic nitrogens is 2. The summed E-state index contributed by atoms with van der Waals surface area (Å²) in [6.45, 7) is 3.21. The third kappa shape index (κ3) is 5.59. The molecule has 2 aromatic rings. The first-order valence-corrected chi connectivity index (χ1v) is 13.0. The lowest BCUT2D eigenvalue weighted by Crippen LogP contribution is -3.00. The normalized spacial score (nSPS) is 27.3. The summed E-state index contributed by atoms with van der Waals surface area (Å²) in [7, 11) is 0. The smallest absolute Gasteiger partial charge is 0.317 e. The average molecular weight is 498 g/mol. The minimum Gasteiger partial charge on any atom is -1.00 e. The Balaban J connectivity index is 0.00000289. The van der Waals surface area contributed by atoms with E-state index < -0.39 is 5.41 Å². The minimum atomic E-state index is -0.533. The summed E-state index contributed by atoms with van der Waals surface area (Å²) in [5.74, 6) is 1.12. The number of rotatable bonds is 7. The quantitative estimate of drug-likeness (QED) is 0.325. The number of ketones is 1. The lowest BCUT2D eigenvalue weighted by molar-refractivity contribution is -0.939. The van der Waals surface area contributed by atoms with Crippen molar-refractivity contribution >= 4 is 11.8 Å². The predicted octanol–water partition coefficient (Wildman–Crippen LogP) is 1.04. The molecule has 1 aliphatic carbocycles. The van der Waals surface area contributed by atoms with Gasteiger partial charge in [0.2, 0.25) is 0 Å². The van der Waals surface area contributed by atoms with Crippen LogP contribution in [0.3, 0.4) is 0 Å². The summed E-state index contributed by atoms with van der Waals surface area (Å²) in [5.41, 5.74) is 0.569. The number of nitrogens with zero attached hydrogens (tertiary/aromatic N) is 3. The molecule has 2 bridgehead atoms. The fourth-order valence-electron chi connectivity index (χ4n) is 6.55. The first-order chi connectivity index (χ1) is 16.6. The Morgan fingerprint density at radius 1 is 0.943 bits per heavy atom. The van der Waals surface area contributed by atoms with Gasteiger partial charge in [-0.1, -0.05) is 56.0 Å². The average Bonchev–Trinajstić information content (AvgIpc) is 3.13. The lowest BCUT2D eigenvalue weighted by atomic mass is 9.74. The van der Waals surface area contributed by atoms with Crippen LogP contribution in [0.25, 0.3) is 0 Å². The largest absolute Gasteiger partial charge is 1.00 e. The van der Waals surface area contributed by atoms with E-state index in [1.165, 1.54) is 12.8 Å². The molecule has 4 aliphatic rings. The lowest BCUT2D eigenvalue weighted by Gasteiger charge is -2.52. The monoisotopic (exact) mass is 497 g/mol. The van der Waals surface area contributed by atoms with Crippen LogP contribution >= 0.6 is 0 Å². The number of halogens is 1. The van der Waals surface area contributed by atoms with Crippen LogP contribution in [-0.2, 0) is 26.2 Å². The summed E-state index contributed by atoms with van der Waals surface area (Å²) in [4.78, 5) is 35.2. The second-order valence-corrected chi connectivity index (χ2v) is 10.7. The number of quaternary nitrogens is 1. The van der Waals surface area contributed by atoms with Crippen molar-refractivity contribution in [3.8, 4) is 0 Å². The van der Waals surface area contributed by atoms with E-state index >= 15 is 0 Å². The molecular weight excluding hydrogens is 462 g/mol. The van der Waals surface area contributed by atoms with E-state index in [0.29, 0.717) is 18.3 Å². The molecule has 188 valence electrons. The fraction of sp³-hybridized carbons (Fsp3) is 0.571. The number of carbonyl (C=O) groups is 2. The van der Waals surface area contributed by atoms with Crippen LogP contribution in [0.1, 0.15) is 62.8 Å². The van der Waals surface area contributed by atoms with E-state index in [4.69, 9.17) is 4.74 Å². The van der Waals surface area contributed by atoms with Gasteiger partial charge in [-0.3, -0.25) is 9.59 Å². The standard InChI is InChI=1S/C28H36N3O3.ClH/c32-24(19-26-29-15-8-16-30-26)20-31-17-11-22(12-18-31)25(21-31)34-27(33)28(13-6-1-2-7-14-28)23-9-4-3-5-10-23;/h3-5,8-10,15-16,22,25H,1-2,6-7,11-14,17-21H2;1H/q+1;/p-1/t22?,25-,31?;/m0./s1. The molecule has 1 aromatic heterocycles. The summed E-state index contributed by atoms with van der Waals surface area (Å²) >= 11 is 0. The predicted molar refractivity (Wildman–Crippen MR) is 129 cm³/mol. The SMILES string of the molecule is O=C(Cc1ncccn1)C[N+]12CCC(CC1)[C@@H](OC(=O)C1(c3ccccc3)CCCCCC1)C2.[Cl-]. The molecule has 0 unspecified atom stereocenters. The Kier molecular flexibility index (Phi) is 8.23. The van der Waals surface area contributed by atoms with Crippen LogP contribution in [0.2, 0.25) is 0 Å². The van der Waals surface area contributed by atoms with Crippen LogP contribution < -0.4 is 12.4 Å². The Labute approximate surface area is 214 Å². The van der Waals surface area contributed by atoms with E-state index in [-0.39, 0.29) is 36.7 Å². The maximum atomic E-state index is 13.9. The highest BCUT2D eigenvalue weighted by atomic mass is 35.5. The third-order valence-electron chi connectivity index (χ3n) is 8.46. The molecule has 4 heterocycles. The number of esters is 1. The van der Waals surface area contributed by atoms with Crippen molar-refractivity contribution < 1.29 is 31.2 Å². The number of fused-ring (bicyclic) bond motifs is 3. The van der Waals surface area contributed by atoms with Gasteiger partial charge >= 0.3 is 5.97 Å². The summed E-state index contributed by atoms with van der Waals surface area (Å²) in [6.07, 6.45) is 11.8. The molecule has 6 rings (SSSR count). The van der Waals surface area contributed by atoms with E-state index in [9.17, 15) is 9.59 Å². The fourth-order valence-corrected chi connectivity index (χ4v) is 6.55. The topological polar surface area (TPSA) is 69.2 Å². The molecule has 4 fully saturated rings. The Hall–Kier alpha value is -2.31. The van der Waals surface area contributed by atoms with Gasteiger partial charge in [0.25, 0.3) is 0 Å². The van der Waals surface area contributed by atoms with Gasteiger partial charge in [-0.2, -0.15) is 0 Å². The zero-order valence-electron chi connectivity index (χ0n) is 20.4. The first kappa shape index (κ1) is 25.8. The van der Waals surface area contributed by atoms with E-state index in [1.807, 2.05) is 18.2 Å². The second kappa shape index (κ2) is 11.2. The molecule has 35 heavy (non-hydrogen) atoms. The molecule has 0 spiro atoms. The van der Waals surface area contributed by atoms with Crippen LogP contribution in [0, 0.1) is 5.92 Å². The Bertz CT molecular complexity index is 985. The second-order valence-electron chi connectivity index (χ2n) is 10.7. The number of hydrogen-bond acceptors (Lipinski definition) is 5. The van der Waals surface area contributed by atoms with Gasteiger partial charge in [-0.25, -0.2) is 9.97 Å². The van der Waals surface area contributed by atoms with Crippen LogP contribution in [-0.4, -0.2) is 58.5 Å². The third-order valence-corrected chi connectivity index (χ3v) is 8.46. The number of piperidine rings is 3. The van der Waals surface area contributed by atoms with Crippen molar-refractivity contribution in [1.29, 1.82) is 0 Å². The maximum absolute atomic E-state index is 13.9. The zero-order valence-corrected chi connectivity index (χ0v) is 21.2. The van der Waals surface area contributed by atoms with Gasteiger partial charge in [0.05, 0.1) is 24.9 Å². The van der Waals surface area contributed by atoms with E-state index in [1.54, 1.807) is 18.5 Å². The highest BCUT2D eigenvalue weighted by Crippen LogP contribution is 2.42. The van der Waals surface area contributed by atoms with E-state index in [0.717, 1.165) is 68.2 Å². The van der Waals surface area contributed by atoms with Crippen molar-refractivity contribution in [2.75, 3.05) is 26.2 Å². The number of Topliss-reactive ketones (excluding diaryl/α,β-unsaturated/α-hetero) is 1.